The quantitative estimate of drug-likeness (QED) is 0.665. The molecule has 0 aliphatic rings. The van der Waals surface area contributed by atoms with E-state index in [4.69, 9.17) is 0 Å². The second-order valence-electron chi connectivity index (χ2n) is 6.83. The summed E-state index contributed by atoms with van der Waals surface area (Å²) in [6.07, 6.45) is 1.65. The lowest BCUT2D eigenvalue weighted by Gasteiger charge is -2.17. The van der Waals surface area contributed by atoms with E-state index in [9.17, 15) is 15.2 Å². The van der Waals surface area contributed by atoms with Gasteiger partial charge >= 0.3 is 0 Å². The molecular formula is C19H18BrN5O2. The first-order valence-electron chi connectivity index (χ1n) is 8.27. The van der Waals surface area contributed by atoms with E-state index < -0.39 is 5.60 Å². The van der Waals surface area contributed by atoms with Gasteiger partial charge in [0.05, 0.1) is 21.7 Å². The summed E-state index contributed by atoms with van der Waals surface area (Å²) >= 11 is 3.52. The molecule has 0 spiro atoms. The predicted octanol–water partition coefficient (Wildman–Crippen LogP) is 2.84. The molecule has 2 N–H and O–H groups in total. The maximum absolute atomic E-state index is 12.3. The molecule has 0 unspecified atom stereocenters. The summed E-state index contributed by atoms with van der Waals surface area (Å²) in [5, 5.41) is 26.2. The van der Waals surface area contributed by atoms with Crippen LogP contribution in [0.2, 0.25) is 0 Å². The Balaban J connectivity index is 2.02. The Labute approximate surface area is 164 Å². The molecule has 2 heterocycles. The first kappa shape index (κ1) is 19.0. The highest BCUT2D eigenvalue weighted by molar-refractivity contribution is 9.10. The summed E-state index contributed by atoms with van der Waals surface area (Å²) in [6.45, 7) is 5.21. The highest BCUT2D eigenvalue weighted by atomic mass is 79.9. The van der Waals surface area contributed by atoms with Crippen LogP contribution < -0.4 is 5.32 Å². The van der Waals surface area contributed by atoms with E-state index >= 15 is 0 Å². The molecule has 0 fully saturated rings. The highest BCUT2D eigenvalue weighted by Gasteiger charge is 2.19. The van der Waals surface area contributed by atoms with Crippen molar-refractivity contribution in [2.75, 3.05) is 6.54 Å². The summed E-state index contributed by atoms with van der Waals surface area (Å²) < 4.78 is 2.21. The first-order valence-corrected chi connectivity index (χ1v) is 9.06. The van der Waals surface area contributed by atoms with E-state index in [0.717, 1.165) is 11.1 Å². The number of carbonyl (C=O) groups is 1. The van der Waals surface area contributed by atoms with Crippen LogP contribution in [-0.2, 0) is 0 Å². The number of fused-ring (bicyclic) bond motifs is 1. The number of nitriles is 1. The van der Waals surface area contributed by atoms with Gasteiger partial charge in [-0.2, -0.15) is 10.4 Å². The second-order valence-corrected chi connectivity index (χ2v) is 7.62. The number of hydrogen-bond acceptors (Lipinski definition) is 5. The number of amides is 1. The van der Waals surface area contributed by atoms with Crippen LogP contribution in [0.1, 0.15) is 35.5 Å². The Hall–Kier alpha value is -2.76. The maximum atomic E-state index is 12.3. The van der Waals surface area contributed by atoms with E-state index in [1.807, 2.05) is 13.0 Å². The van der Waals surface area contributed by atoms with Gasteiger partial charge in [0, 0.05) is 18.3 Å². The van der Waals surface area contributed by atoms with E-state index in [2.05, 4.69) is 37.4 Å². The maximum Gasteiger partial charge on any atom is 0.270 e. The molecule has 0 radical (unpaired) electrons. The molecule has 7 nitrogen and oxygen atoms in total. The number of halogens is 1. The van der Waals surface area contributed by atoms with Crippen molar-refractivity contribution >= 4 is 27.5 Å². The molecule has 27 heavy (non-hydrogen) atoms. The molecule has 0 saturated heterocycles. The van der Waals surface area contributed by atoms with Gasteiger partial charge in [0.25, 0.3) is 5.91 Å². The highest BCUT2D eigenvalue weighted by Crippen LogP contribution is 2.33. The monoisotopic (exact) mass is 427 g/mol. The van der Waals surface area contributed by atoms with Gasteiger partial charge in [-0.25, -0.2) is 9.50 Å². The fourth-order valence-electron chi connectivity index (χ4n) is 2.60. The van der Waals surface area contributed by atoms with Crippen molar-refractivity contribution in [1.29, 1.82) is 5.26 Å². The molecule has 0 atom stereocenters. The van der Waals surface area contributed by atoms with Gasteiger partial charge in [-0.15, -0.1) is 0 Å². The summed E-state index contributed by atoms with van der Waals surface area (Å²) in [5.74, 6) is -0.378. The van der Waals surface area contributed by atoms with Crippen molar-refractivity contribution in [3.05, 3.63) is 51.8 Å². The lowest BCUT2D eigenvalue weighted by Crippen LogP contribution is -2.38. The molecule has 3 rings (SSSR count). The molecule has 2 aromatic heterocycles. The number of nitrogens with one attached hydrogen (secondary N) is 1. The van der Waals surface area contributed by atoms with Gasteiger partial charge < -0.3 is 10.4 Å². The molecule has 1 amide bonds. The van der Waals surface area contributed by atoms with Crippen molar-refractivity contribution in [2.24, 2.45) is 0 Å². The SMILES string of the molecule is Cc1c(C#N)cccc1-c1nn2ccc(C(=O)NCC(C)(C)O)nc2c1Br. The number of benzene rings is 1. The van der Waals surface area contributed by atoms with E-state index in [-0.39, 0.29) is 18.1 Å². The van der Waals surface area contributed by atoms with E-state index in [1.54, 1.807) is 42.8 Å². The van der Waals surface area contributed by atoms with Crippen LogP contribution in [0.4, 0.5) is 0 Å². The molecule has 0 bridgehead atoms. The van der Waals surface area contributed by atoms with Gasteiger partial charge in [0.1, 0.15) is 11.4 Å². The minimum Gasteiger partial charge on any atom is -0.389 e. The third kappa shape index (κ3) is 3.84. The average Bonchev–Trinajstić information content (AvgIpc) is 2.95. The topological polar surface area (TPSA) is 103 Å². The molecule has 0 aliphatic heterocycles. The van der Waals surface area contributed by atoms with Crippen LogP contribution in [0.3, 0.4) is 0 Å². The molecule has 1 aromatic carbocycles. The fourth-order valence-corrected chi connectivity index (χ4v) is 3.16. The zero-order valence-corrected chi connectivity index (χ0v) is 16.7. The zero-order chi connectivity index (χ0) is 19.8. The van der Waals surface area contributed by atoms with Crippen molar-refractivity contribution in [1.82, 2.24) is 19.9 Å². The van der Waals surface area contributed by atoms with Crippen LogP contribution >= 0.6 is 15.9 Å². The number of aliphatic hydroxyl groups is 1. The van der Waals surface area contributed by atoms with Crippen LogP contribution in [0.15, 0.2) is 34.9 Å². The Bertz CT molecular complexity index is 1080. The van der Waals surface area contributed by atoms with Gasteiger partial charge in [-0.05, 0) is 54.4 Å². The molecule has 138 valence electrons. The van der Waals surface area contributed by atoms with Crippen molar-refractivity contribution in [2.45, 2.75) is 26.4 Å². The molecule has 0 saturated carbocycles. The third-order valence-corrected chi connectivity index (χ3v) is 4.78. The van der Waals surface area contributed by atoms with Crippen molar-refractivity contribution in [3.63, 3.8) is 0 Å². The zero-order valence-electron chi connectivity index (χ0n) is 15.1. The van der Waals surface area contributed by atoms with Crippen LogP contribution in [0.5, 0.6) is 0 Å². The average molecular weight is 428 g/mol. The first-order chi connectivity index (χ1) is 12.7. The Morgan fingerprint density at radius 2 is 2.15 bits per heavy atom. The van der Waals surface area contributed by atoms with Crippen molar-refractivity contribution < 1.29 is 9.90 Å². The van der Waals surface area contributed by atoms with E-state index in [0.29, 0.717) is 21.4 Å². The standard InChI is InChI=1S/C19H18BrN5O2/c1-11-12(9-21)5-4-6-13(11)16-15(20)17-23-14(7-8-25(17)24-16)18(26)22-10-19(2,3)27/h4-8,27H,10H2,1-3H3,(H,22,26). The van der Waals surface area contributed by atoms with Gasteiger partial charge in [0.15, 0.2) is 5.65 Å². The normalized spacial score (nSPS) is 11.4. The molecule has 8 heteroatoms. The Morgan fingerprint density at radius 1 is 1.41 bits per heavy atom. The van der Waals surface area contributed by atoms with Gasteiger partial charge in [0.2, 0.25) is 0 Å². The van der Waals surface area contributed by atoms with Crippen molar-refractivity contribution in [3.8, 4) is 17.3 Å². The minimum atomic E-state index is -1.01. The largest absolute Gasteiger partial charge is 0.389 e. The summed E-state index contributed by atoms with van der Waals surface area (Å²) in [7, 11) is 0. The smallest absolute Gasteiger partial charge is 0.270 e. The van der Waals surface area contributed by atoms with Crippen LogP contribution in [0.25, 0.3) is 16.9 Å². The molecular weight excluding hydrogens is 410 g/mol. The summed E-state index contributed by atoms with van der Waals surface area (Å²) in [6, 6.07) is 9.18. The minimum absolute atomic E-state index is 0.116. The lowest BCUT2D eigenvalue weighted by molar-refractivity contribution is 0.0692. The van der Waals surface area contributed by atoms with Crippen LogP contribution in [-0.4, -0.2) is 37.8 Å². The second kappa shape index (κ2) is 7.10. The summed E-state index contributed by atoms with van der Waals surface area (Å²) in [4.78, 5) is 16.7. The lowest BCUT2D eigenvalue weighted by atomic mass is 10.0. The number of rotatable bonds is 4. The van der Waals surface area contributed by atoms with Crippen LogP contribution in [0, 0.1) is 18.3 Å². The number of nitrogens with zero attached hydrogens (tertiary/aromatic N) is 4. The molecule has 0 aliphatic carbocycles. The van der Waals surface area contributed by atoms with Gasteiger partial charge in [-0.3, -0.25) is 4.79 Å². The fraction of sp³-hybridized carbons (Fsp3) is 0.263. The Morgan fingerprint density at radius 3 is 2.81 bits per heavy atom. The van der Waals surface area contributed by atoms with E-state index in [1.165, 1.54) is 0 Å². The third-order valence-electron chi connectivity index (χ3n) is 4.05. The number of aromatic nitrogens is 3. The van der Waals surface area contributed by atoms with Gasteiger partial charge in [-0.1, -0.05) is 12.1 Å². The number of hydrogen-bond donors (Lipinski definition) is 2. The number of carbonyl (C=O) groups excluding carboxylic acids is 1. The Kier molecular flexibility index (Phi) is 5.00. The molecule has 3 aromatic rings. The summed E-state index contributed by atoms with van der Waals surface area (Å²) in [5.41, 5.74) is 2.57. The predicted molar refractivity (Wildman–Crippen MR) is 104 cm³/mol.